The van der Waals surface area contributed by atoms with Crippen LogP contribution in [0.5, 0.6) is 0 Å². The van der Waals surface area contributed by atoms with E-state index in [1.54, 1.807) is 0 Å². The van der Waals surface area contributed by atoms with Gasteiger partial charge in [-0.1, -0.05) is 18.2 Å². The number of nitrogens with zero attached hydrogens (tertiary/aromatic N) is 3. The third-order valence-electron chi connectivity index (χ3n) is 5.22. The van der Waals surface area contributed by atoms with Crippen molar-refractivity contribution in [2.24, 2.45) is 7.05 Å². The molecule has 4 rings (SSSR count). The van der Waals surface area contributed by atoms with E-state index < -0.39 is 0 Å². The third kappa shape index (κ3) is 4.20. The zero-order chi connectivity index (χ0) is 20.4. The van der Waals surface area contributed by atoms with Gasteiger partial charge in [-0.05, 0) is 18.4 Å². The van der Waals surface area contributed by atoms with Gasteiger partial charge in [0.1, 0.15) is 0 Å². The van der Waals surface area contributed by atoms with E-state index in [-0.39, 0.29) is 25.2 Å². The van der Waals surface area contributed by atoms with Gasteiger partial charge in [-0.15, -0.1) is 11.3 Å². The highest BCUT2D eigenvalue weighted by atomic mass is 32.1. The molecule has 7 nitrogen and oxygen atoms in total. The second-order valence-corrected chi connectivity index (χ2v) is 8.38. The number of amides is 1. The van der Waals surface area contributed by atoms with Gasteiger partial charge in [0.25, 0.3) is 5.91 Å². The van der Waals surface area contributed by atoms with Crippen LogP contribution in [0.3, 0.4) is 0 Å². The van der Waals surface area contributed by atoms with E-state index in [1.807, 2.05) is 36.9 Å². The van der Waals surface area contributed by atoms with Crippen molar-refractivity contribution < 1.29 is 14.6 Å². The molecule has 8 heteroatoms. The van der Waals surface area contributed by atoms with E-state index in [9.17, 15) is 4.79 Å². The fraction of sp³-hybridized carbons (Fsp3) is 0.429. The lowest BCUT2D eigenvalue weighted by molar-refractivity contribution is -0.0323. The minimum atomic E-state index is -0.174. The molecule has 2 aromatic heterocycles. The maximum Gasteiger partial charge on any atom is 0.261 e. The summed E-state index contributed by atoms with van der Waals surface area (Å²) in [5.41, 5.74) is 3.21. The van der Waals surface area contributed by atoms with Crippen LogP contribution in [0.1, 0.15) is 32.6 Å². The van der Waals surface area contributed by atoms with Crippen LogP contribution >= 0.6 is 11.3 Å². The van der Waals surface area contributed by atoms with Crippen LogP contribution in [0.4, 0.5) is 0 Å². The van der Waals surface area contributed by atoms with Gasteiger partial charge < -0.3 is 15.2 Å². The van der Waals surface area contributed by atoms with Crippen LogP contribution in [0.2, 0.25) is 0 Å². The van der Waals surface area contributed by atoms with Gasteiger partial charge in [0, 0.05) is 55.3 Å². The Kier molecular flexibility index (Phi) is 5.96. The number of hydrogen-bond donors (Lipinski definition) is 2. The van der Waals surface area contributed by atoms with Crippen molar-refractivity contribution in [1.29, 1.82) is 0 Å². The highest BCUT2D eigenvalue weighted by molar-refractivity contribution is 7.21. The Morgan fingerprint density at radius 1 is 1.41 bits per heavy atom. The lowest BCUT2D eigenvalue weighted by Crippen LogP contribution is -2.38. The van der Waals surface area contributed by atoms with Gasteiger partial charge in [0.2, 0.25) is 0 Å². The van der Waals surface area contributed by atoms with E-state index in [2.05, 4.69) is 27.6 Å². The van der Waals surface area contributed by atoms with Gasteiger partial charge in [-0.2, -0.15) is 5.10 Å². The zero-order valence-corrected chi connectivity index (χ0v) is 17.5. The molecule has 1 amide bonds. The summed E-state index contributed by atoms with van der Waals surface area (Å²) < 4.78 is 9.06. The molecule has 154 valence electrons. The normalized spacial score (nSPS) is 17.7. The number of aryl methyl sites for hydroxylation is 2. The first-order chi connectivity index (χ1) is 14.1. The number of carbonyl (C=O) groups excluding carboxylic acids is 1. The molecule has 3 heterocycles. The first-order valence-electron chi connectivity index (χ1n) is 9.80. The average molecular weight is 415 g/mol. The summed E-state index contributed by atoms with van der Waals surface area (Å²) in [6.07, 6.45) is 1.89. The Labute approximate surface area is 173 Å². The molecule has 1 atom stereocenters. The van der Waals surface area contributed by atoms with Crippen molar-refractivity contribution in [1.82, 2.24) is 20.0 Å². The predicted molar refractivity (Wildman–Crippen MR) is 113 cm³/mol. The number of aliphatic hydroxyl groups excluding tert-OH is 1. The van der Waals surface area contributed by atoms with Gasteiger partial charge in [0.15, 0.2) is 0 Å². The highest BCUT2D eigenvalue weighted by Gasteiger charge is 2.30. The van der Waals surface area contributed by atoms with Crippen molar-refractivity contribution in [3.8, 4) is 0 Å². The fourth-order valence-electron chi connectivity index (χ4n) is 3.87. The maximum atomic E-state index is 12.8. The molecule has 1 aliphatic rings. The molecule has 0 radical (unpaired) electrons. The second kappa shape index (κ2) is 8.62. The number of carbonyl (C=O) groups is 1. The number of nitrogens with one attached hydrogen (secondary N) is 1. The molecule has 0 saturated carbocycles. The van der Waals surface area contributed by atoms with Crippen molar-refractivity contribution in [2.45, 2.75) is 19.6 Å². The minimum Gasteiger partial charge on any atom is -0.395 e. The Morgan fingerprint density at radius 3 is 3.00 bits per heavy atom. The summed E-state index contributed by atoms with van der Waals surface area (Å²) >= 11 is 1.48. The topological polar surface area (TPSA) is 79.6 Å². The quantitative estimate of drug-likeness (QED) is 0.647. The van der Waals surface area contributed by atoms with Crippen molar-refractivity contribution in [3.63, 3.8) is 0 Å². The van der Waals surface area contributed by atoms with Crippen molar-refractivity contribution >= 4 is 27.3 Å². The first kappa shape index (κ1) is 20.0. The van der Waals surface area contributed by atoms with Crippen LogP contribution in [0.25, 0.3) is 10.1 Å². The Balaban J connectivity index is 1.62. The van der Waals surface area contributed by atoms with Crippen LogP contribution in [0.15, 0.2) is 30.5 Å². The molecule has 1 fully saturated rings. The smallest absolute Gasteiger partial charge is 0.261 e. The van der Waals surface area contributed by atoms with Crippen molar-refractivity contribution in [2.75, 3.05) is 32.8 Å². The molecule has 29 heavy (non-hydrogen) atoms. The Morgan fingerprint density at radius 2 is 2.24 bits per heavy atom. The van der Waals surface area contributed by atoms with Gasteiger partial charge in [0.05, 0.1) is 29.9 Å². The minimum absolute atomic E-state index is 0.0792. The summed E-state index contributed by atoms with van der Waals surface area (Å²) in [6, 6.07) is 8.06. The standard InChI is InChI=1S/C21H26N4O3S/c1-14-15(11-24(2)23-14)12-25-8-10-28-17(13-25)19-16-5-3-4-6-18(16)29-20(19)21(27)22-7-9-26/h3-6,11,17,26H,7-10,12-13H2,1-2H3,(H,22,27)/t17-/m0/s1. The molecule has 3 aromatic rings. The first-order valence-corrected chi connectivity index (χ1v) is 10.6. The Bertz CT molecular complexity index is 1010. The van der Waals surface area contributed by atoms with E-state index >= 15 is 0 Å². The van der Waals surface area contributed by atoms with Gasteiger partial charge in [-0.25, -0.2) is 0 Å². The fourth-order valence-corrected chi connectivity index (χ4v) is 5.04. The zero-order valence-electron chi connectivity index (χ0n) is 16.7. The number of aromatic nitrogens is 2. The molecule has 1 aromatic carbocycles. The average Bonchev–Trinajstić information content (AvgIpc) is 3.25. The number of benzene rings is 1. The van der Waals surface area contributed by atoms with Crippen LogP contribution in [-0.4, -0.2) is 58.5 Å². The van der Waals surface area contributed by atoms with E-state index in [1.165, 1.54) is 16.9 Å². The number of morpholine rings is 1. The monoisotopic (exact) mass is 414 g/mol. The molecule has 2 N–H and O–H groups in total. The lowest BCUT2D eigenvalue weighted by atomic mass is 10.0. The summed E-state index contributed by atoms with van der Waals surface area (Å²) in [5, 5.41) is 17.4. The number of aliphatic hydroxyl groups is 1. The molecule has 1 aliphatic heterocycles. The maximum absolute atomic E-state index is 12.8. The Hall–Kier alpha value is -2.26. The van der Waals surface area contributed by atoms with E-state index in [0.717, 1.165) is 41.0 Å². The number of rotatable bonds is 6. The van der Waals surface area contributed by atoms with Crippen LogP contribution < -0.4 is 5.32 Å². The highest BCUT2D eigenvalue weighted by Crippen LogP contribution is 2.38. The SMILES string of the molecule is Cc1nn(C)cc1CN1CCO[C@H](c2c(C(=O)NCCO)sc3ccccc23)C1. The van der Waals surface area contributed by atoms with Gasteiger partial charge in [-0.3, -0.25) is 14.4 Å². The third-order valence-corrected chi connectivity index (χ3v) is 6.40. The van der Waals surface area contributed by atoms with Crippen LogP contribution in [-0.2, 0) is 18.3 Å². The molecule has 0 aliphatic carbocycles. The molecule has 0 bridgehead atoms. The number of ether oxygens (including phenoxy) is 1. The molecule has 1 saturated heterocycles. The molecule has 0 unspecified atom stereocenters. The second-order valence-electron chi connectivity index (χ2n) is 7.33. The summed E-state index contributed by atoms with van der Waals surface area (Å²) in [4.78, 5) is 15.8. The van der Waals surface area contributed by atoms with Gasteiger partial charge >= 0.3 is 0 Å². The number of thiophene rings is 1. The lowest BCUT2D eigenvalue weighted by Gasteiger charge is -2.33. The molecular weight excluding hydrogens is 388 g/mol. The van der Waals surface area contributed by atoms with E-state index in [0.29, 0.717) is 11.5 Å². The summed E-state index contributed by atoms with van der Waals surface area (Å²) in [5.74, 6) is -0.154. The van der Waals surface area contributed by atoms with Crippen LogP contribution in [0, 0.1) is 6.92 Å². The molecule has 0 spiro atoms. The number of fused-ring (bicyclic) bond motifs is 1. The van der Waals surface area contributed by atoms with Crippen molar-refractivity contribution in [3.05, 3.63) is 52.2 Å². The summed E-state index contributed by atoms with van der Waals surface area (Å²) in [6.45, 7) is 5.19. The summed E-state index contributed by atoms with van der Waals surface area (Å²) in [7, 11) is 1.94. The van der Waals surface area contributed by atoms with E-state index in [4.69, 9.17) is 9.84 Å². The number of hydrogen-bond acceptors (Lipinski definition) is 6. The predicted octanol–water partition coefficient (Wildman–Crippen LogP) is 2.24. The molecular formula is C21H26N4O3S. The largest absolute Gasteiger partial charge is 0.395 e.